The molecule has 0 radical (unpaired) electrons. The monoisotopic (exact) mass is 533 g/mol. The van der Waals surface area contributed by atoms with Gasteiger partial charge in [0, 0.05) is 36.1 Å². The maximum atomic E-state index is 14.0. The molecule has 9 nitrogen and oxygen atoms in total. The number of esters is 2. The molecule has 2 aromatic carbocycles. The van der Waals surface area contributed by atoms with Gasteiger partial charge in [0.25, 0.3) is 5.69 Å². The quantitative estimate of drug-likeness (QED) is 0.281. The van der Waals surface area contributed by atoms with Gasteiger partial charge in [-0.05, 0) is 51.3 Å². The topological polar surface area (TPSA) is 111 Å². The molecule has 0 amide bonds. The zero-order chi connectivity index (χ0) is 28.1. The van der Waals surface area contributed by atoms with E-state index in [1.165, 1.54) is 25.7 Å². The fraction of sp³-hybridized carbons (Fsp3) is 0.400. The number of carbonyl (C=O) groups is 2. The molecule has 2 aliphatic rings. The molecule has 9 heteroatoms. The first kappa shape index (κ1) is 28.0. The van der Waals surface area contributed by atoms with Gasteiger partial charge in [-0.25, -0.2) is 9.59 Å². The van der Waals surface area contributed by atoms with Crippen molar-refractivity contribution in [2.24, 2.45) is 0 Å². The van der Waals surface area contributed by atoms with E-state index in [1.54, 1.807) is 26.0 Å². The SMILES string of the molecule is COC(=O)C1=C(C)NC(C)=C(C(=O)OC(CN2CCCCC2C)c2ccccc2)C1c1cccc([N+](=O)[O-])c1. The van der Waals surface area contributed by atoms with Crippen LogP contribution in [-0.4, -0.2) is 48.0 Å². The molecular formula is C30H35N3O6. The summed E-state index contributed by atoms with van der Waals surface area (Å²) in [5.74, 6) is -2.13. The number of nitrogens with zero attached hydrogens (tertiary/aromatic N) is 2. The van der Waals surface area contributed by atoms with Crippen molar-refractivity contribution in [3.63, 3.8) is 0 Å². The van der Waals surface area contributed by atoms with Crippen LogP contribution in [0.5, 0.6) is 0 Å². The molecule has 0 bridgehead atoms. The van der Waals surface area contributed by atoms with Crippen LogP contribution in [0.2, 0.25) is 0 Å². The molecule has 206 valence electrons. The second kappa shape index (κ2) is 12.3. The van der Waals surface area contributed by atoms with Crippen LogP contribution >= 0.6 is 0 Å². The van der Waals surface area contributed by atoms with Crippen LogP contribution in [0, 0.1) is 10.1 Å². The number of nitro benzene ring substituents is 1. The molecule has 2 aromatic rings. The second-order valence-corrected chi connectivity index (χ2v) is 10.1. The van der Waals surface area contributed by atoms with E-state index in [9.17, 15) is 19.7 Å². The van der Waals surface area contributed by atoms with Gasteiger partial charge in [-0.15, -0.1) is 0 Å². The first-order valence-corrected chi connectivity index (χ1v) is 13.2. The Hall–Kier alpha value is -3.98. The third-order valence-electron chi connectivity index (χ3n) is 7.56. The van der Waals surface area contributed by atoms with Crippen LogP contribution in [-0.2, 0) is 19.1 Å². The maximum Gasteiger partial charge on any atom is 0.337 e. The Morgan fingerprint density at radius 2 is 1.74 bits per heavy atom. The van der Waals surface area contributed by atoms with Crippen molar-refractivity contribution in [3.05, 3.63) is 98.4 Å². The summed E-state index contributed by atoms with van der Waals surface area (Å²) >= 11 is 0. The fourth-order valence-corrected chi connectivity index (χ4v) is 5.51. The molecule has 3 atom stereocenters. The van der Waals surface area contributed by atoms with Gasteiger partial charge in [-0.3, -0.25) is 15.0 Å². The Balaban J connectivity index is 1.74. The van der Waals surface area contributed by atoms with Crippen LogP contribution in [0.25, 0.3) is 0 Å². The van der Waals surface area contributed by atoms with E-state index in [0.717, 1.165) is 24.9 Å². The highest BCUT2D eigenvalue weighted by Gasteiger charge is 2.39. The van der Waals surface area contributed by atoms with Crippen molar-refractivity contribution in [1.82, 2.24) is 10.2 Å². The predicted molar refractivity (Wildman–Crippen MR) is 147 cm³/mol. The molecular weight excluding hydrogens is 498 g/mol. The Morgan fingerprint density at radius 3 is 2.38 bits per heavy atom. The summed E-state index contributed by atoms with van der Waals surface area (Å²) in [5, 5.41) is 14.7. The molecule has 0 saturated carbocycles. The van der Waals surface area contributed by atoms with Crippen LogP contribution in [0.4, 0.5) is 5.69 Å². The van der Waals surface area contributed by atoms with Crippen molar-refractivity contribution < 1.29 is 24.0 Å². The number of ether oxygens (including phenoxy) is 2. The number of nitrogens with one attached hydrogen (secondary N) is 1. The normalized spacial score (nSPS) is 20.7. The van der Waals surface area contributed by atoms with E-state index < -0.39 is 28.9 Å². The van der Waals surface area contributed by atoms with Crippen LogP contribution in [0.1, 0.15) is 63.2 Å². The number of dihydropyridines is 1. The molecule has 39 heavy (non-hydrogen) atoms. The summed E-state index contributed by atoms with van der Waals surface area (Å²) in [4.78, 5) is 40.4. The average Bonchev–Trinajstić information content (AvgIpc) is 2.93. The summed E-state index contributed by atoms with van der Waals surface area (Å²) in [5.41, 5.74) is 2.61. The largest absolute Gasteiger partial charge is 0.466 e. The molecule has 1 saturated heterocycles. The summed E-state index contributed by atoms with van der Waals surface area (Å²) in [6, 6.07) is 16.0. The number of hydrogen-bond acceptors (Lipinski definition) is 8. The first-order chi connectivity index (χ1) is 18.7. The molecule has 1 N–H and O–H groups in total. The highest BCUT2D eigenvalue weighted by Crippen LogP contribution is 2.41. The maximum absolute atomic E-state index is 14.0. The van der Waals surface area contributed by atoms with Gasteiger partial charge in [-0.2, -0.15) is 0 Å². The van der Waals surface area contributed by atoms with E-state index >= 15 is 0 Å². The van der Waals surface area contributed by atoms with E-state index in [-0.39, 0.29) is 16.8 Å². The van der Waals surface area contributed by atoms with Gasteiger partial charge >= 0.3 is 11.9 Å². The van der Waals surface area contributed by atoms with Gasteiger partial charge in [0.05, 0.1) is 29.1 Å². The number of non-ortho nitro benzene ring substituents is 1. The van der Waals surface area contributed by atoms with Crippen molar-refractivity contribution >= 4 is 17.6 Å². The molecule has 2 aliphatic heterocycles. The number of nitro groups is 1. The molecule has 0 aliphatic carbocycles. The number of hydrogen-bond donors (Lipinski definition) is 1. The number of methoxy groups -OCH3 is 1. The summed E-state index contributed by atoms with van der Waals surface area (Å²) in [6.07, 6.45) is 2.82. The Kier molecular flexibility index (Phi) is 8.81. The van der Waals surface area contributed by atoms with Crippen molar-refractivity contribution in [1.29, 1.82) is 0 Å². The number of carbonyl (C=O) groups excluding carboxylic acids is 2. The van der Waals surface area contributed by atoms with Crippen molar-refractivity contribution in [2.75, 3.05) is 20.2 Å². The minimum Gasteiger partial charge on any atom is -0.466 e. The van der Waals surface area contributed by atoms with Crippen molar-refractivity contribution in [2.45, 2.75) is 58.1 Å². The standard InChI is InChI=1S/C30H35N3O6/c1-19-11-8-9-16-32(19)18-25(22-12-6-5-7-13-22)39-30(35)27-21(3)31-20(2)26(29(34)38-4)28(27)23-14-10-15-24(17-23)33(36)37/h5-7,10,12-15,17,19,25,28,31H,8-9,11,16,18H2,1-4H3. The molecule has 0 spiro atoms. The number of benzene rings is 2. The van der Waals surface area contributed by atoms with E-state index in [2.05, 4.69) is 17.1 Å². The van der Waals surface area contributed by atoms with E-state index in [1.807, 2.05) is 30.3 Å². The minimum atomic E-state index is -0.906. The summed E-state index contributed by atoms with van der Waals surface area (Å²) in [6.45, 7) is 7.11. The number of allylic oxidation sites excluding steroid dienone is 2. The molecule has 2 heterocycles. The third kappa shape index (κ3) is 6.20. The van der Waals surface area contributed by atoms with Gasteiger partial charge in [0.2, 0.25) is 0 Å². The highest BCUT2D eigenvalue weighted by atomic mass is 16.6. The molecule has 4 rings (SSSR count). The molecule has 1 fully saturated rings. The zero-order valence-corrected chi connectivity index (χ0v) is 22.8. The fourth-order valence-electron chi connectivity index (χ4n) is 5.51. The Morgan fingerprint density at radius 1 is 1.05 bits per heavy atom. The Bertz CT molecular complexity index is 1300. The van der Waals surface area contributed by atoms with Gasteiger partial charge in [0.1, 0.15) is 6.10 Å². The summed E-state index contributed by atoms with van der Waals surface area (Å²) in [7, 11) is 1.27. The summed E-state index contributed by atoms with van der Waals surface area (Å²) < 4.78 is 11.3. The van der Waals surface area contributed by atoms with E-state index in [0.29, 0.717) is 29.5 Å². The van der Waals surface area contributed by atoms with Crippen LogP contribution in [0.3, 0.4) is 0 Å². The minimum absolute atomic E-state index is 0.139. The third-order valence-corrected chi connectivity index (χ3v) is 7.56. The number of piperidine rings is 1. The predicted octanol–water partition coefficient (Wildman–Crippen LogP) is 5.16. The lowest BCUT2D eigenvalue weighted by molar-refractivity contribution is -0.384. The van der Waals surface area contributed by atoms with Gasteiger partial charge in [0.15, 0.2) is 0 Å². The molecule has 3 unspecified atom stereocenters. The van der Waals surface area contributed by atoms with Crippen molar-refractivity contribution in [3.8, 4) is 0 Å². The van der Waals surface area contributed by atoms with E-state index in [4.69, 9.17) is 9.47 Å². The lowest BCUT2D eigenvalue weighted by atomic mass is 9.80. The smallest absolute Gasteiger partial charge is 0.337 e. The second-order valence-electron chi connectivity index (χ2n) is 10.1. The lowest BCUT2D eigenvalue weighted by Gasteiger charge is -2.36. The Labute approximate surface area is 228 Å². The van der Waals surface area contributed by atoms with Crippen LogP contribution < -0.4 is 5.32 Å². The molecule has 0 aromatic heterocycles. The lowest BCUT2D eigenvalue weighted by Crippen LogP contribution is -2.41. The number of likely N-dealkylation sites (tertiary alicyclic amines) is 1. The first-order valence-electron chi connectivity index (χ1n) is 13.2. The van der Waals surface area contributed by atoms with Gasteiger partial charge < -0.3 is 14.8 Å². The zero-order valence-electron chi connectivity index (χ0n) is 22.8. The van der Waals surface area contributed by atoms with Gasteiger partial charge in [-0.1, -0.05) is 48.9 Å². The van der Waals surface area contributed by atoms with Crippen LogP contribution in [0.15, 0.2) is 77.1 Å². The number of rotatable bonds is 8. The average molecular weight is 534 g/mol. The highest BCUT2D eigenvalue weighted by molar-refractivity contribution is 6.00.